The Hall–Kier alpha value is -1.39. The zero-order valence-electron chi connectivity index (χ0n) is 9.68. The third kappa shape index (κ3) is 7.96. The molecule has 0 N–H and O–H groups in total. The summed E-state index contributed by atoms with van der Waals surface area (Å²) in [6.07, 6.45) is -4.00. The zero-order valence-corrected chi connectivity index (χ0v) is 9.68. The number of hydrogen-bond donors (Lipinski definition) is 0. The van der Waals surface area contributed by atoms with Gasteiger partial charge in [-0.1, -0.05) is 0 Å². The number of hydrogen-bond acceptors (Lipinski definition) is 2. The molecule has 0 spiro atoms. The van der Waals surface area contributed by atoms with Gasteiger partial charge in [-0.2, -0.15) is 13.2 Å². The van der Waals surface area contributed by atoms with Crippen molar-refractivity contribution in [3.8, 4) is 11.5 Å². The Kier molecular flexibility index (Phi) is 5.71. The standard InChI is InChI=1S/C9H12O2.C2H3F3/c1-7-4-8(10-2)6-9(5-7)11-3;1-2(3,4)5/h4-6H,1-3H3;1H3. The molecule has 0 aromatic heterocycles. The fourth-order valence-electron chi connectivity index (χ4n) is 0.950. The first-order valence-electron chi connectivity index (χ1n) is 4.52. The molecule has 0 saturated carbocycles. The number of halogens is 3. The number of rotatable bonds is 2. The van der Waals surface area contributed by atoms with Gasteiger partial charge < -0.3 is 9.47 Å². The van der Waals surface area contributed by atoms with Gasteiger partial charge in [0.15, 0.2) is 0 Å². The van der Waals surface area contributed by atoms with Crippen LogP contribution in [0.5, 0.6) is 11.5 Å². The summed E-state index contributed by atoms with van der Waals surface area (Å²) in [5.41, 5.74) is 1.14. The SMILES string of the molecule is CC(F)(F)F.COc1cc(C)cc(OC)c1. The average molecular weight is 236 g/mol. The van der Waals surface area contributed by atoms with Crippen molar-refractivity contribution >= 4 is 0 Å². The predicted molar refractivity (Wildman–Crippen MR) is 56.0 cm³/mol. The van der Waals surface area contributed by atoms with Crippen LogP contribution < -0.4 is 9.47 Å². The van der Waals surface area contributed by atoms with Crippen LogP contribution in [-0.4, -0.2) is 20.4 Å². The molecule has 0 saturated heterocycles. The first-order valence-corrected chi connectivity index (χ1v) is 4.52. The largest absolute Gasteiger partial charge is 0.497 e. The molecule has 0 amide bonds. The van der Waals surface area contributed by atoms with Gasteiger partial charge in [0.2, 0.25) is 0 Å². The van der Waals surface area contributed by atoms with Crippen LogP contribution in [0.1, 0.15) is 12.5 Å². The molecule has 5 heteroatoms. The van der Waals surface area contributed by atoms with Crippen LogP contribution >= 0.6 is 0 Å². The molecule has 0 unspecified atom stereocenters. The van der Waals surface area contributed by atoms with Gasteiger partial charge in [0.1, 0.15) is 11.5 Å². The first kappa shape index (κ1) is 14.6. The number of alkyl halides is 3. The van der Waals surface area contributed by atoms with Crippen LogP contribution in [0.15, 0.2) is 18.2 Å². The minimum absolute atomic E-state index is 0.188. The van der Waals surface area contributed by atoms with E-state index < -0.39 is 6.18 Å². The van der Waals surface area contributed by atoms with E-state index >= 15 is 0 Å². The van der Waals surface area contributed by atoms with Crippen LogP contribution in [-0.2, 0) is 0 Å². The van der Waals surface area contributed by atoms with Crippen molar-refractivity contribution in [1.29, 1.82) is 0 Å². The Balaban J connectivity index is 0.000000385. The van der Waals surface area contributed by atoms with E-state index in [4.69, 9.17) is 9.47 Å². The second-order valence-corrected chi connectivity index (χ2v) is 3.17. The molecule has 0 heterocycles. The maximum Gasteiger partial charge on any atom is 0.386 e. The maximum atomic E-state index is 10.4. The summed E-state index contributed by atoms with van der Waals surface area (Å²) in [5, 5.41) is 0. The molecule has 1 aromatic carbocycles. The molecule has 2 nitrogen and oxygen atoms in total. The molecular formula is C11H15F3O2. The lowest BCUT2D eigenvalue weighted by molar-refractivity contribution is -0.110. The number of benzene rings is 1. The summed E-state index contributed by atoms with van der Waals surface area (Å²) < 4.78 is 41.2. The molecule has 0 fully saturated rings. The van der Waals surface area contributed by atoms with E-state index in [0.717, 1.165) is 17.1 Å². The van der Waals surface area contributed by atoms with E-state index in [1.165, 1.54) is 0 Å². The van der Waals surface area contributed by atoms with Crippen LogP contribution in [0, 0.1) is 6.92 Å². The normalized spacial score (nSPS) is 10.2. The summed E-state index contributed by atoms with van der Waals surface area (Å²) in [4.78, 5) is 0. The number of methoxy groups -OCH3 is 2. The lowest BCUT2D eigenvalue weighted by atomic mass is 10.2. The lowest BCUT2D eigenvalue weighted by Gasteiger charge is -2.04. The first-order chi connectivity index (χ1) is 7.26. The highest BCUT2D eigenvalue weighted by Crippen LogP contribution is 2.21. The van der Waals surface area contributed by atoms with Crippen LogP contribution in [0.25, 0.3) is 0 Å². The van der Waals surface area contributed by atoms with Gasteiger partial charge in [-0.3, -0.25) is 0 Å². The molecular weight excluding hydrogens is 221 g/mol. The molecule has 0 aliphatic heterocycles. The molecule has 0 radical (unpaired) electrons. The van der Waals surface area contributed by atoms with E-state index in [9.17, 15) is 13.2 Å². The molecule has 0 aliphatic rings. The highest BCUT2D eigenvalue weighted by atomic mass is 19.4. The number of ether oxygens (including phenoxy) is 2. The predicted octanol–water partition coefficient (Wildman–Crippen LogP) is 3.58. The second-order valence-electron chi connectivity index (χ2n) is 3.17. The monoisotopic (exact) mass is 236 g/mol. The Labute approximate surface area is 93.0 Å². The fraction of sp³-hybridized carbons (Fsp3) is 0.455. The summed E-state index contributed by atoms with van der Waals surface area (Å²) in [7, 11) is 3.29. The Morgan fingerprint density at radius 1 is 0.938 bits per heavy atom. The minimum Gasteiger partial charge on any atom is -0.497 e. The van der Waals surface area contributed by atoms with E-state index in [1.807, 2.05) is 25.1 Å². The van der Waals surface area contributed by atoms with Crippen LogP contribution in [0.2, 0.25) is 0 Å². The number of aryl methyl sites for hydroxylation is 1. The van der Waals surface area contributed by atoms with Gasteiger partial charge in [-0.25, -0.2) is 0 Å². The van der Waals surface area contributed by atoms with E-state index in [-0.39, 0.29) is 6.92 Å². The smallest absolute Gasteiger partial charge is 0.386 e. The Bertz CT molecular complexity index is 293. The van der Waals surface area contributed by atoms with E-state index in [1.54, 1.807) is 14.2 Å². The second kappa shape index (κ2) is 6.25. The van der Waals surface area contributed by atoms with Crippen molar-refractivity contribution in [2.24, 2.45) is 0 Å². The Morgan fingerprint density at radius 2 is 1.25 bits per heavy atom. The van der Waals surface area contributed by atoms with Gasteiger partial charge in [0.05, 0.1) is 14.2 Å². The molecule has 1 aromatic rings. The minimum atomic E-state index is -4.00. The van der Waals surface area contributed by atoms with Crippen molar-refractivity contribution in [3.05, 3.63) is 23.8 Å². The molecule has 16 heavy (non-hydrogen) atoms. The van der Waals surface area contributed by atoms with Gasteiger partial charge in [-0.15, -0.1) is 0 Å². The third-order valence-electron chi connectivity index (χ3n) is 1.50. The zero-order chi connectivity index (χ0) is 12.8. The van der Waals surface area contributed by atoms with E-state index in [0.29, 0.717) is 0 Å². The summed E-state index contributed by atoms with van der Waals surface area (Å²) in [6, 6.07) is 5.78. The van der Waals surface area contributed by atoms with Crippen molar-refractivity contribution in [1.82, 2.24) is 0 Å². The topological polar surface area (TPSA) is 18.5 Å². The third-order valence-corrected chi connectivity index (χ3v) is 1.50. The van der Waals surface area contributed by atoms with Crippen molar-refractivity contribution in [2.75, 3.05) is 14.2 Å². The molecule has 0 aliphatic carbocycles. The van der Waals surface area contributed by atoms with Crippen molar-refractivity contribution in [3.63, 3.8) is 0 Å². The average Bonchev–Trinajstić information content (AvgIpc) is 2.14. The van der Waals surface area contributed by atoms with Crippen molar-refractivity contribution < 1.29 is 22.6 Å². The molecule has 92 valence electrons. The van der Waals surface area contributed by atoms with Gasteiger partial charge in [0, 0.05) is 13.0 Å². The maximum absolute atomic E-state index is 10.4. The summed E-state index contributed by atoms with van der Waals surface area (Å²) in [5.74, 6) is 1.67. The Morgan fingerprint density at radius 3 is 1.50 bits per heavy atom. The lowest BCUT2D eigenvalue weighted by Crippen LogP contribution is -1.95. The van der Waals surface area contributed by atoms with E-state index in [2.05, 4.69) is 0 Å². The van der Waals surface area contributed by atoms with Crippen LogP contribution in [0.4, 0.5) is 13.2 Å². The molecule has 0 bridgehead atoms. The molecule has 0 atom stereocenters. The summed E-state index contributed by atoms with van der Waals surface area (Å²) in [6.45, 7) is 2.19. The van der Waals surface area contributed by atoms with Gasteiger partial charge in [-0.05, 0) is 24.6 Å². The fourth-order valence-corrected chi connectivity index (χ4v) is 0.950. The van der Waals surface area contributed by atoms with Gasteiger partial charge >= 0.3 is 6.18 Å². The highest BCUT2D eigenvalue weighted by molar-refractivity contribution is 5.37. The quantitative estimate of drug-likeness (QED) is 0.781. The van der Waals surface area contributed by atoms with Crippen molar-refractivity contribution in [2.45, 2.75) is 20.0 Å². The highest BCUT2D eigenvalue weighted by Gasteiger charge is 2.15. The summed E-state index contributed by atoms with van der Waals surface area (Å²) >= 11 is 0. The van der Waals surface area contributed by atoms with Crippen LogP contribution in [0.3, 0.4) is 0 Å². The molecule has 1 rings (SSSR count). The van der Waals surface area contributed by atoms with Gasteiger partial charge in [0.25, 0.3) is 0 Å².